The van der Waals surface area contributed by atoms with Gasteiger partial charge in [0.05, 0.1) is 10.6 Å². The van der Waals surface area contributed by atoms with E-state index < -0.39 is 21.7 Å². The predicted octanol–water partition coefficient (Wildman–Crippen LogP) is 4.17. The second-order valence-corrected chi connectivity index (χ2v) is 9.60. The quantitative estimate of drug-likeness (QED) is 0.667. The third-order valence-electron chi connectivity index (χ3n) is 4.60. The summed E-state index contributed by atoms with van der Waals surface area (Å²) < 4.78 is 46.8. The van der Waals surface area contributed by atoms with Crippen LogP contribution >= 0.6 is 15.9 Å². The summed E-state index contributed by atoms with van der Waals surface area (Å²) in [7, 11) is -3.53. The zero-order chi connectivity index (χ0) is 20.9. The molecule has 0 saturated carbocycles. The van der Waals surface area contributed by atoms with E-state index in [1.54, 1.807) is 6.07 Å². The van der Waals surface area contributed by atoms with Crippen molar-refractivity contribution < 1.29 is 22.3 Å². The number of halogens is 2. The summed E-state index contributed by atoms with van der Waals surface area (Å²) in [5.41, 5.74) is 0.0562. The Hall–Kier alpha value is -1.97. The maximum absolute atomic E-state index is 13.8. The number of hydrogen-bond donors (Lipinski definition) is 1. The Morgan fingerprint density at radius 1 is 1.07 bits per heavy atom. The monoisotopic (exact) mass is 484 g/mol. The van der Waals surface area contributed by atoms with Crippen molar-refractivity contribution in [2.45, 2.75) is 30.6 Å². The van der Waals surface area contributed by atoms with Crippen molar-refractivity contribution in [1.29, 1.82) is 0 Å². The first-order valence-electron chi connectivity index (χ1n) is 9.34. The minimum absolute atomic E-state index is 0.0562. The Morgan fingerprint density at radius 3 is 2.34 bits per heavy atom. The lowest BCUT2D eigenvalue weighted by Gasteiger charge is -2.20. The van der Waals surface area contributed by atoms with Crippen molar-refractivity contribution in [1.82, 2.24) is 4.31 Å². The Bertz CT molecular complexity index is 959. The van der Waals surface area contributed by atoms with E-state index in [2.05, 4.69) is 21.2 Å². The highest BCUT2D eigenvalue weighted by Gasteiger charge is 2.25. The van der Waals surface area contributed by atoms with Crippen molar-refractivity contribution in [2.24, 2.45) is 0 Å². The first-order valence-corrected chi connectivity index (χ1v) is 11.6. The number of benzene rings is 2. The molecule has 1 aliphatic rings. The number of nitrogens with zero attached hydrogens (tertiary/aromatic N) is 1. The topological polar surface area (TPSA) is 75.7 Å². The molecule has 0 atom stereocenters. The van der Waals surface area contributed by atoms with Crippen LogP contribution in [0.25, 0.3) is 0 Å². The van der Waals surface area contributed by atoms with Gasteiger partial charge in [0.25, 0.3) is 5.91 Å². The molecule has 0 radical (unpaired) electrons. The maximum Gasteiger partial charge on any atom is 0.262 e. The molecule has 1 saturated heterocycles. The SMILES string of the molecule is O=C(COc1ccc(S(=O)(=O)N2CCCCCC2)cc1)Nc1ccc(Br)cc1F. The maximum atomic E-state index is 13.8. The van der Waals surface area contributed by atoms with E-state index in [9.17, 15) is 17.6 Å². The molecule has 0 aromatic heterocycles. The highest BCUT2D eigenvalue weighted by molar-refractivity contribution is 9.10. The van der Waals surface area contributed by atoms with Crippen LogP contribution in [0.3, 0.4) is 0 Å². The van der Waals surface area contributed by atoms with Crippen molar-refractivity contribution in [3.63, 3.8) is 0 Å². The number of nitrogens with one attached hydrogen (secondary N) is 1. The van der Waals surface area contributed by atoms with E-state index in [1.807, 2.05) is 0 Å². The number of ether oxygens (including phenoxy) is 1. The summed E-state index contributed by atoms with van der Waals surface area (Å²) in [4.78, 5) is 12.2. The van der Waals surface area contributed by atoms with Crippen LogP contribution in [0.5, 0.6) is 5.75 Å². The molecule has 1 amide bonds. The van der Waals surface area contributed by atoms with Crippen LogP contribution in [0.15, 0.2) is 51.8 Å². The molecule has 1 N–H and O–H groups in total. The average Bonchev–Trinajstić information content (AvgIpc) is 2.99. The average molecular weight is 485 g/mol. The first kappa shape index (κ1) is 21.7. The lowest BCUT2D eigenvalue weighted by Crippen LogP contribution is -2.31. The molecule has 2 aromatic rings. The summed E-state index contributed by atoms with van der Waals surface area (Å²) in [6, 6.07) is 10.3. The lowest BCUT2D eigenvalue weighted by atomic mass is 10.2. The second-order valence-electron chi connectivity index (χ2n) is 6.75. The lowest BCUT2D eigenvalue weighted by molar-refractivity contribution is -0.118. The number of sulfonamides is 1. The van der Waals surface area contributed by atoms with Crippen molar-refractivity contribution in [3.05, 3.63) is 52.8 Å². The van der Waals surface area contributed by atoms with Gasteiger partial charge in [-0.15, -0.1) is 0 Å². The summed E-state index contributed by atoms with van der Waals surface area (Å²) in [5, 5.41) is 2.43. The molecule has 2 aromatic carbocycles. The molecule has 3 rings (SSSR count). The molecular formula is C20H22BrFN2O4S. The van der Waals surface area contributed by atoms with Gasteiger partial charge in [-0.25, -0.2) is 12.8 Å². The molecule has 9 heteroatoms. The van der Waals surface area contributed by atoms with Crippen LogP contribution in [0.2, 0.25) is 0 Å². The van der Waals surface area contributed by atoms with Gasteiger partial charge in [-0.3, -0.25) is 4.79 Å². The Labute approximate surface area is 178 Å². The van der Waals surface area contributed by atoms with Gasteiger partial charge in [-0.05, 0) is 55.3 Å². The zero-order valence-corrected chi connectivity index (χ0v) is 18.1. The molecule has 0 unspecified atom stereocenters. The van der Waals surface area contributed by atoms with Crippen LogP contribution in [-0.2, 0) is 14.8 Å². The zero-order valence-electron chi connectivity index (χ0n) is 15.7. The minimum atomic E-state index is -3.53. The summed E-state index contributed by atoms with van der Waals surface area (Å²) in [5.74, 6) is -0.727. The van der Waals surface area contributed by atoms with Crippen molar-refractivity contribution >= 4 is 37.5 Å². The standard InChI is InChI=1S/C20H22BrFN2O4S/c21-15-5-10-19(18(22)13-15)23-20(25)14-28-16-6-8-17(9-7-16)29(26,27)24-11-3-1-2-4-12-24/h5-10,13H,1-4,11-12,14H2,(H,23,25). The van der Waals surface area contributed by atoms with Gasteiger partial charge >= 0.3 is 0 Å². The highest BCUT2D eigenvalue weighted by atomic mass is 79.9. The fraction of sp³-hybridized carbons (Fsp3) is 0.350. The summed E-state index contributed by atoms with van der Waals surface area (Å²) in [6.45, 7) is 0.745. The van der Waals surface area contributed by atoms with Crippen molar-refractivity contribution in [3.8, 4) is 5.75 Å². The van der Waals surface area contributed by atoms with Gasteiger partial charge in [0.1, 0.15) is 11.6 Å². The van der Waals surface area contributed by atoms with E-state index >= 15 is 0 Å². The minimum Gasteiger partial charge on any atom is -0.484 e. The van der Waals surface area contributed by atoms with Gasteiger partial charge in [0, 0.05) is 17.6 Å². The fourth-order valence-corrected chi connectivity index (χ4v) is 4.92. The van der Waals surface area contributed by atoms with Gasteiger partial charge in [-0.1, -0.05) is 28.8 Å². The normalized spacial score (nSPS) is 15.5. The number of hydrogen-bond acceptors (Lipinski definition) is 4. The van der Waals surface area contributed by atoms with Crippen LogP contribution in [0, 0.1) is 5.82 Å². The molecule has 0 spiro atoms. The number of anilines is 1. The van der Waals surface area contributed by atoms with E-state index in [0.717, 1.165) is 25.7 Å². The van der Waals surface area contributed by atoms with Crippen LogP contribution in [0.4, 0.5) is 10.1 Å². The van der Waals surface area contributed by atoms with Crippen LogP contribution in [-0.4, -0.2) is 38.3 Å². The molecule has 6 nitrogen and oxygen atoms in total. The molecule has 0 bridgehead atoms. The molecule has 1 aliphatic heterocycles. The summed E-state index contributed by atoms with van der Waals surface area (Å²) >= 11 is 3.15. The molecule has 1 heterocycles. The van der Waals surface area contributed by atoms with Gasteiger partial charge < -0.3 is 10.1 Å². The number of amides is 1. The van der Waals surface area contributed by atoms with E-state index in [-0.39, 0.29) is 17.2 Å². The predicted molar refractivity (Wildman–Crippen MR) is 112 cm³/mol. The molecule has 0 aliphatic carbocycles. The Morgan fingerprint density at radius 2 is 1.72 bits per heavy atom. The van der Waals surface area contributed by atoms with E-state index in [1.165, 1.54) is 40.7 Å². The number of carbonyl (C=O) groups excluding carboxylic acids is 1. The highest BCUT2D eigenvalue weighted by Crippen LogP contribution is 2.23. The second kappa shape index (κ2) is 9.69. The number of rotatable bonds is 6. The Balaban J connectivity index is 1.58. The fourth-order valence-electron chi connectivity index (χ4n) is 3.06. The Kier molecular flexibility index (Phi) is 7.26. The van der Waals surface area contributed by atoms with E-state index in [0.29, 0.717) is 23.3 Å². The molecular weight excluding hydrogens is 463 g/mol. The number of carbonyl (C=O) groups is 1. The summed E-state index contributed by atoms with van der Waals surface area (Å²) in [6.07, 6.45) is 3.83. The van der Waals surface area contributed by atoms with Crippen molar-refractivity contribution in [2.75, 3.05) is 25.0 Å². The third-order valence-corrected chi connectivity index (χ3v) is 7.01. The van der Waals surface area contributed by atoms with Gasteiger partial charge in [0.15, 0.2) is 6.61 Å². The van der Waals surface area contributed by atoms with E-state index in [4.69, 9.17) is 4.74 Å². The smallest absolute Gasteiger partial charge is 0.262 e. The van der Waals surface area contributed by atoms with Crippen LogP contribution < -0.4 is 10.1 Å². The van der Waals surface area contributed by atoms with Crippen LogP contribution in [0.1, 0.15) is 25.7 Å². The third kappa shape index (κ3) is 5.77. The molecule has 1 fully saturated rings. The largest absolute Gasteiger partial charge is 0.484 e. The molecule has 156 valence electrons. The molecule has 29 heavy (non-hydrogen) atoms. The van der Waals surface area contributed by atoms with Gasteiger partial charge in [0.2, 0.25) is 10.0 Å². The first-order chi connectivity index (χ1) is 13.9. The van der Waals surface area contributed by atoms with Gasteiger partial charge in [-0.2, -0.15) is 4.31 Å².